The zero-order valence-corrected chi connectivity index (χ0v) is 12.7. The zero-order chi connectivity index (χ0) is 15.2. The lowest BCUT2D eigenvalue weighted by molar-refractivity contribution is -0.136. The standard InChI is InChI=1S/C16H23N3O2/c1-3-17-15(20)11-19(4-2)16(21)14-10-9-12-7-5-6-8-13(12)18-14/h5-8,14,18H,3-4,9-11H2,1-2H3,(H,17,20). The Morgan fingerprint density at radius 3 is 2.81 bits per heavy atom. The predicted molar refractivity (Wildman–Crippen MR) is 83.1 cm³/mol. The molecule has 21 heavy (non-hydrogen) atoms. The Labute approximate surface area is 125 Å². The molecule has 2 amide bonds. The van der Waals surface area contributed by atoms with Gasteiger partial charge in [-0.2, -0.15) is 0 Å². The van der Waals surface area contributed by atoms with Gasteiger partial charge in [0, 0.05) is 18.8 Å². The van der Waals surface area contributed by atoms with E-state index < -0.39 is 0 Å². The molecule has 1 aromatic carbocycles. The summed E-state index contributed by atoms with van der Waals surface area (Å²) in [5.41, 5.74) is 2.27. The molecule has 5 nitrogen and oxygen atoms in total. The number of likely N-dealkylation sites (N-methyl/N-ethyl adjacent to an activating group) is 2. The Morgan fingerprint density at radius 1 is 1.33 bits per heavy atom. The summed E-state index contributed by atoms with van der Waals surface area (Å²) in [7, 11) is 0. The number of hydrogen-bond acceptors (Lipinski definition) is 3. The van der Waals surface area contributed by atoms with Crippen molar-refractivity contribution in [2.45, 2.75) is 32.7 Å². The van der Waals surface area contributed by atoms with E-state index in [0.717, 1.165) is 18.5 Å². The van der Waals surface area contributed by atoms with Crippen molar-refractivity contribution in [1.29, 1.82) is 0 Å². The zero-order valence-electron chi connectivity index (χ0n) is 12.7. The van der Waals surface area contributed by atoms with Crippen LogP contribution in [-0.4, -0.2) is 42.4 Å². The highest BCUT2D eigenvalue weighted by Gasteiger charge is 2.27. The van der Waals surface area contributed by atoms with Gasteiger partial charge < -0.3 is 15.5 Å². The lowest BCUT2D eigenvalue weighted by atomic mass is 9.97. The number of hydrogen-bond donors (Lipinski definition) is 2. The summed E-state index contributed by atoms with van der Waals surface area (Å²) in [6.45, 7) is 5.02. The number of anilines is 1. The largest absolute Gasteiger partial charge is 0.373 e. The second-order valence-corrected chi connectivity index (χ2v) is 5.20. The average molecular weight is 289 g/mol. The van der Waals surface area contributed by atoms with Gasteiger partial charge in [0.2, 0.25) is 11.8 Å². The Bertz CT molecular complexity index is 516. The van der Waals surface area contributed by atoms with E-state index in [1.807, 2.05) is 32.0 Å². The van der Waals surface area contributed by atoms with Crippen LogP contribution in [0.4, 0.5) is 5.69 Å². The van der Waals surface area contributed by atoms with Crippen LogP contribution in [0.2, 0.25) is 0 Å². The first-order valence-electron chi connectivity index (χ1n) is 7.55. The molecule has 0 aromatic heterocycles. The highest BCUT2D eigenvalue weighted by molar-refractivity contribution is 5.89. The van der Waals surface area contributed by atoms with Gasteiger partial charge in [0.1, 0.15) is 6.04 Å². The molecule has 0 saturated heterocycles. The van der Waals surface area contributed by atoms with E-state index in [1.54, 1.807) is 4.90 Å². The van der Waals surface area contributed by atoms with Gasteiger partial charge in [-0.1, -0.05) is 18.2 Å². The van der Waals surface area contributed by atoms with Crippen molar-refractivity contribution in [2.75, 3.05) is 25.0 Å². The monoisotopic (exact) mass is 289 g/mol. The fourth-order valence-corrected chi connectivity index (χ4v) is 2.62. The molecule has 0 fully saturated rings. The molecule has 0 saturated carbocycles. The lowest BCUT2D eigenvalue weighted by Crippen LogP contribution is -2.48. The number of rotatable bonds is 5. The van der Waals surface area contributed by atoms with Crippen LogP contribution in [0.1, 0.15) is 25.8 Å². The molecular weight excluding hydrogens is 266 g/mol. The molecule has 1 heterocycles. The molecular formula is C16H23N3O2. The van der Waals surface area contributed by atoms with Gasteiger partial charge in [-0.15, -0.1) is 0 Å². The third kappa shape index (κ3) is 3.74. The van der Waals surface area contributed by atoms with E-state index in [2.05, 4.69) is 16.7 Å². The van der Waals surface area contributed by atoms with Crippen LogP contribution in [0.5, 0.6) is 0 Å². The molecule has 0 aliphatic carbocycles. The molecule has 1 aromatic rings. The molecule has 0 radical (unpaired) electrons. The predicted octanol–water partition coefficient (Wildman–Crippen LogP) is 1.40. The molecule has 1 aliphatic heterocycles. The molecule has 1 atom stereocenters. The van der Waals surface area contributed by atoms with Gasteiger partial charge >= 0.3 is 0 Å². The van der Waals surface area contributed by atoms with Crippen LogP contribution in [0.15, 0.2) is 24.3 Å². The van der Waals surface area contributed by atoms with Crippen LogP contribution < -0.4 is 10.6 Å². The number of amides is 2. The number of benzene rings is 1. The smallest absolute Gasteiger partial charge is 0.245 e. The van der Waals surface area contributed by atoms with Gasteiger partial charge in [-0.05, 0) is 38.3 Å². The van der Waals surface area contributed by atoms with E-state index in [4.69, 9.17) is 0 Å². The summed E-state index contributed by atoms with van der Waals surface area (Å²) in [6, 6.07) is 7.81. The number of aryl methyl sites for hydroxylation is 1. The number of nitrogens with one attached hydrogen (secondary N) is 2. The molecule has 2 rings (SSSR count). The van der Waals surface area contributed by atoms with Gasteiger partial charge in [0.15, 0.2) is 0 Å². The molecule has 0 bridgehead atoms. The van der Waals surface area contributed by atoms with Crippen LogP contribution in [-0.2, 0) is 16.0 Å². The Balaban J connectivity index is 2.01. The van der Waals surface area contributed by atoms with E-state index >= 15 is 0 Å². The maximum atomic E-state index is 12.6. The fraction of sp³-hybridized carbons (Fsp3) is 0.500. The topological polar surface area (TPSA) is 61.4 Å². The van der Waals surface area contributed by atoms with Crippen molar-refractivity contribution in [3.05, 3.63) is 29.8 Å². The summed E-state index contributed by atoms with van der Waals surface area (Å²) in [6.07, 6.45) is 1.65. The maximum Gasteiger partial charge on any atom is 0.245 e. The first kappa shape index (κ1) is 15.4. The highest BCUT2D eigenvalue weighted by Crippen LogP contribution is 2.25. The number of fused-ring (bicyclic) bond motifs is 1. The minimum absolute atomic E-state index is 0.00161. The van der Waals surface area contributed by atoms with Crippen molar-refractivity contribution >= 4 is 17.5 Å². The first-order chi connectivity index (χ1) is 10.2. The van der Waals surface area contributed by atoms with Crippen LogP contribution >= 0.6 is 0 Å². The summed E-state index contributed by atoms with van der Waals surface area (Å²) in [5.74, 6) is -0.109. The van der Waals surface area contributed by atoms with E-state index in [0.29, 0.717) is 13.1 Å². The number of para-hydroxylation sites is 1. The summed E-state index contributed by atoms with van der Waals surface area (Å²) >= 11 is 0. The Kier molecular flexibility index (Phi) is 5.20. The van der Waals surface area contributed by atoms with E-state index in [9.17, 15) is 9.59 Å². The SMILES string of the molecule is CCNC(=O)CN(CC)C(=O)C1CCc2ccccc2N1. The van der Waals surface area contributed by atoms with Crippen molar-refractivity contribution < 1.29 is 9.59 Å². The minimum atomic E-state index is -0.241. The summed E-state index contributed by atoms with van der Waals surface area (Å²) in [4.78, 5) is 25.8. The molecule has 2 N–H and O–H groups in total. The molecule has 1 unspecified atom stereocenters. The lowest BCUT2D eigenvalue weighted by Gasteiger charge is -2.30. The molecule has 114 valence electrons. The normalized spacial score (nSPS) is 16.6. The number of nitrogens with zero attached hydrogens (tertiary/aromatic N) is 1. The van der Waals surface area contributed by atoms with Crippen LogP contribution in [0.3, 0.4) is 0 Å². The quantitative estimate of drug-likeness (QED) is 0.861. The average Bonchev–Trinajstić information content (AvgIpc) is 2.51. The number of carbonyl (C=O) groups is 2. The maximum absolute atomic E-state index is 12.6. The molecule has 0 spiro atoms. The van der Waals surface area contributed by atoms with E-state index in [-0.39, 0.29) is 24.4 Å². The minimum Gasteiger partial charge on any atom is -0.373 e. The van der Waals surface area contributed by atoms with Gasteiger partial charge in [0.05, 0.1) is 6.54 Å². The van der Waals surface area contributed by atoms with Crippen LogP contribution in [0, 0.1) is 0 Å². The van der Waals surface area contributed by atoms with Crippen molar-refractivity contribution in [1.82, 2.24) is 10.2 Å². The third-order valence-electron chi connectivity index (χ3n) is 3.75. The summed E-state index contributed by atoms with van der Waals surface area (Å²) in [5, 5.41) is 6.02. The van der Waals surface area contributed by atoms with E-state index in [1.165, 1.54) is 5.56 Å². The Morgan fingerprint density at radius 2 is 2.10 bits per heavy atom. The Hall–Kier alpha value is -2.04. The van der Waals surface area contributed by atoms with Gasteiger partial charge in [0.25, 0.3) is 0 Å². The molecule has 5 heteroatoms. The second-order valence-electron chi connectivity index (χ2n) is 5.20. The van der Waals surface area contributed by atoms with Gasteiger partial charge in [-0.3, -0.25) is 9.59 Å². The van der Waals surface area contributed by atoms with Crippen LogP contribution in [0.25, 0.3) is 0 Å². The van der Waals surface area contributed by atoms with Crippen molar-refractivity contribution in [3.63, 3.8) is 0 Å². The first-order valence-corrected chi connectivity index (χ1v) is 7.55. The fourth-order valence-electron chi connectivity index (χ4n) is 2.62. The molecule has 1 aliphatic rings. The second kappa shape index (κ2) is 7.11. The highest BCUT2D eigenvalue weighted by atomic mass is 16.2. The van der Waals surface area contributed by atoms with Crippen molar-refractivity contribution in [2.24, 2.45) is 0 Å². The number of carbonyl (C=O) groups excluding carboxylic acids is 2. The third-order valence-corrected chi connectivity index (χ3v) is 3.75. The van der Waals surface area contributed by atoms with Crippen molar-refractivity contribution in [3.8, 4) is 0 Å². The summed E-state index contributed by atoms with van der Waals surface area (Å²) < 4.78 is 0. The van der Waals surface area contributed by atoms with Gasteiger partial charge in [-0.25, -0.2) is 0 Å².